The van der Waals surface area contributed by atoms with Gasteiger partial charge in [0.05, 0.1) is 13.1 Å². The van der Waals surface area contributed by atoms with Gasteiger partial charge in [0.15, 0.2) is 0 Å². The number of anilines is 1. The number of benzene rings is 1. The quantitative estimate of drug-likeness (QED) is 0.857. The molecular weight excluding hydrogens is 340 g/mol. The third-order valence-electron chi connectivity index (χ3n) is 5.65. The molecule has 0 spiro atoms. The van der Waals surface area contributed by atoms with Crippen LogP contribution in [-0.2, 0) is 9.59 Å². The van der Waals surface area contributed by atoms with Gasteiger partial charge in [-0.3, -0.25) is 19.4 Å². The number of likely N-dealkylation sites (tertiary alicyclic amines) is 1. The van der Waals surface area contributed by atoms with Crippen LogP contribution in [0, 0.1) is 13.8 Å². The molecular formula is C21H32N4O2. The first-order chi connectivity index (χ1) is 13.0. The number of rotatable bonds is 5. The van der Waals surface area contributed by atoms with Crippen molar-refractivity contribution in [1.82, 2.24) is 14.7 Å². The van der Waals surface area contributed by atoms with Crippen LogP contribution in [0.2, 0.25) is 0 Å². The molecule has 3 rings (SSSR count). The molecule has 2 heterocycles. The Hall–Kier alpha value is -1.92. The number of amides is 2. The third kappa shape index (κ3) is 5.53. The molecule has 0 saturated carbocycles. The average molecular weight is 373 g/mol. The second kappa shape index (κ2) is 9.33. The zero-order chi connectivity index (χ0) is 19.2. The number of nitrogens with one attached hydrogen (secondary N) is 1. The summed E-state index contributed by atoms with van der Waals surface area (Å²) in [5, 5.41) is 3.05. The highest BCUT2D eigenvalue weighted by molar-refractivity contribution is 5.93. The Bertz CT molecular complexity index is 642. The maximum Gasteiger partial charge on any atom is 0.238 e. The van der Waals surface area contributed by atoms with Crippen molar-refractivity contribution in [2.75, 3.05) is 57.7 Å². The number of piperidine rings is 1. The molecule has 0 aromatic heterocycles. The SMILES string of the molecule is Cc1cccc(C)c1NC(=O)CN1CCN(C(=O)CN2CCCCC2)CC1. The van der Waals surface area contributed by atoms with Crippen LogP contribution in [0.3, 0.4) is 0 Å². The molecule has 6 heteroatoms. The molecule has 0 bridgehead atoms. The van der Waals surface area contributed by atoms with Gasteiger partial charge in [0.1, 0.15) is 0 Å². The molecule has 2 saturated heterocycles. The normalized spacial score (nSPS) is 19.1. The lowest BCUT2D eigenvalue weighted by Crippen LogP contribution is -2.52. The lowest BCUT2D eigenvalue weighted by Gasteiger charge is -2.36. The molecule has 0 unspecified atom stereocenters. The van der Waals surface area contributed by atoms with E-state index in [0.29, 0.717) is 26.2 Å². The third-order valence-corrected chi connectivity index (χ3v) is 5.65. The molecule has 1 aromatic carbocycles. The van der Waals surface area contributed by atoms with Gasteiger partial charge in [-0.25, -0.2) is 0 Å². The van der Waals surface area contributed by atoms with E-state index in [-0.39, 0.29) is 11.8 Å². The monoisotopic (exact) mass is 372 g/mol. The Morgan fingerprint density at radius 1 is 0.852 bits per heavy atom. The number of carbonyl (C=O) groups is 2. The fraction of sp³-hybridized carbons (Fsp3) is 0.619. The summed E-state index contributed by atoms with van der Waals surface area (Å²) in [6.07, 6.45) is 3.69. The van der Waals surface area contributed by atoms with Crippen LogP contribution < -0.4 is 5.32 Å². The molecule has 2 amide bonds. The van der Waals surface area contributed by atoms with Gasteiger partial charge in [0.2, 0.25) is 11.8 Å². The topological polar surface area (TPSA) is 55.9 Å². The van der Waals surface area contributed by atoms with Gasteiger partial charge in [-0.2, -0.15) is 0 Å². The van der Waals surface area contributed by atoms with Crippen molar-refractivity contribution in [3.05, 3.63) is 29.3 Å². The van der Waals surface area contributed by atoms with Crippen molar-refractivity contribution < 1.29 is 9.59 Å². The van der Waals surface area contributed by atoms with Crippen LogP contribution in [0.4, 0.5) is 5.69 Å². The number of piperazine rings is 1. The van der Waals surface area contributed by atoms with Gasteiger partial charge in [-0.1, -0.05) is 24.6 Å². The van der Waals surface area contributed by atoms with Crippen LogP contribution in [0.25, 0.3) is 0 Å². The molecule has 6 nitrogen and oxygen atoms in total. The number of para-hydroxylation sites is 1. The molecule has 148 valence electrons. The summed E-state index contributed by atoms with van der Waals surface area (Å²) in [5.74, 6) is 0.247. The summed E-state index contributed by atoms with van der Waals surface area (Å²) in [4.78, 5) is 31.3. The van der Waals surface area contributed by atoms with Crippen LogP contribution in [0.15, 0.2) is 18.2 Å². The molecule has 2 aliphatic rings. The van der Waals surface area contributed by atoms with Crippen LogP contribution in [0.1, 0.15) is 30.4 Å². The first kappa shape index (κ1) is 19.8. The van der Waals surface area contributed by atoms with E-state index in [2.05, 4.69) is 15.1 Å². The van der Waals surface area contributed by atoms with Crippen molar-refractivity contribution in [2.24, 2.45) is 0 Å². The van der Waals surface area contributed by atoms with Gasteiger partial charge < -0.3 is 10.2 Å². The van der Waals surface area contributed by atoms with E-state index in [0.717, 1.165) is 43.0 Å². The molecule has 2 fully saturated rings. The Kier molecular flexibility index (Phi) is 6.85. The number of hydrogen-bond acceptors (Lipinski definition) is 4. The Balaban J connectivity index is 1.42. The van der Waals surface area contributed by atoms with Gasteiger partial charge in [0.25, 0.3) is 0 Å². The lowest BCUT2D eigenvalue weighted by molar-refractivity contribution is -0.134. The van der Waals surface area contributed by atoms with Crippen molar-refractivity contribution in [3.63, 3.8) is 0 Å². The van der Waals surface area contributed by atoms with E-state index in [1.165, 1.54) is 19.3 Å². The summed E-state index contributed by atoms with van der Waals surface area (Å²) < 4.78 is 0. The largest absolute Gasteiger partial charge is 0.339 e. The number of carbonyl (C=O) groups excluding carboxylic acids is 2. The predicted octanol–water partition coefficient (Wildman–Crippen LogP) is 1.87. The predicted molar refractivity (Wildman–Crippen MR) is 108 cm³/mol. The van der Waals surface area contributed by atoms with Crippen LogP contribution in [-0.4, -0.2) is 78.9 Å². The summed E-state index contributed by atoms with van der Waals surface area (Å²) >= 11 is 0. The highest BCUT2D eigenvalue weighted by Crippen LogP contribution is 2.19. The van der Waals surface area contributed by atoms with Crippen molar-refractivity contribution in [3.8, 4) is 0 Å². The zero-order valence-electron chi connectivity index (χ0n) is 16.7. The van der Waals surface area contributed by atoms with Gasteiger partial charge in [-0.15, -0.1) is 0 Å². The van der Waals surface area contributed by atoms with E-state index < -0.39 is 0 Å². The zero-order valence-corrected chi connectivity index (χ0v) is 16.7. The molecule has 1 N–H and O–H groups in total. The molecule has 0 radical (unpaired) electrons. The summed E-state index contributed by atoms with van der Waals surface area (Å²) in [7, 11) is 0. The maximum atomic E-state index is 12.5. The van der Waals surface area contributed by atoms with E-state index in [1.54, 1.807) is 0 Å². The van der Waals surface area contributed by atoms with Crippen LogP contribution in [0.5, 0.6) is 0 Å². The second-order valence-corrected chi connectivity index (χ2v) is 7.81. The molecule has 0 atom stereocenters. The standard InChI is InChI=1S/C21H32N4O2/c1-17-7-6-8-18(2)21(17)22-19(26)15-24-11-13-25(14-12-24)20(27)16-23-9-4-3-5-10-23/h6-8H,3-5,9-16H2,1-2H3,(H,22,26). The minimum Gasteiger partial charge on any atom is -0.339 e. The first-order valence-electron chi connectivity index (χ1n) is 10.1. The van der Waals surface area contributed by atoms with E-state index in [4.69, 9.17) is 0 Å². The fourth-order valence-electron chi connectivity index (χ4n) is 3.96. The summed E-state index contributed by atoms with van der Waals surface area (Å²) in [6.45, 7) is 9.97. The number of aryl methyl sites for hydroxylation is 2. The van der Waals surface area contributed by atoms with E-state index in [1.807, 2.05) is 36.9 Å². The first-order valence-corrected chi connectivity index (χ1v) is 10.1. The second-order valence-electron chi connectivity index (χ2n) is 7.81. The Morgan fingerprint density at radius 3 is 2.07 bits per heavy atom. The van der Waals surface area contributed by atoms with Crippen LogP contribution >= 0.6 is 0 Å². The van der Waals surface area contributed by atoms with E-state index in [9.17, 15) is 9.59 Å². The van der Waals surface area contributed by atoms with Crippen molar-refractivity contribution in [1.29, 1.82) is 0 Å². The molecule has 27 heavy (non-hydrogen) atoms. The highest BCUT2D eigenvalue weighted by Gasteiger charge is 2.24. The van der Waals surface area contributed by atoms with Crippen molar-refractivity contribution >= 4 is 17.5 Å². The number of hydrogen-bond donors (Lipinski definition) is 1. The van der Waals surface area contributed by atoms with Gasteiger partial charge in [-0.05, 0) is 50.9 Å². The van der Waals surface area contributed by atoms with E-state index >= 15 is 0 Å². The minimum absolute atomic E-state index is 0.0143. The highest BCUT2D eigenvalue weighted by atomic mass is 16.2. The maximum absolute atomic E-state index is 12.5. The van der Waals surface area contributed by atoms with Crippen molar-refractivity contribution in [2.45, 2.75) is 33.1 Å². The Labute approximate surface area is 162 Å². The smallest absolute Gasteiger partial charge is 0.238 e. The van der Waals surface area contributed by atoms with Gasteiger partial charge >= 0.3 is 0 Å². The lowest BCUT2D eigenvalue weighted by atomic mass is 10.1. The van der Waals surface area contributed by atoms with Gasteiger partial charge in [0, 0.05) is 31.9 Å². The molecule has 1 aromatic rings. The molecule has 0 aliphatic carbocycles. The number of nitrogens with zero attached hydrogens (tertiary/aromatic N) is 3. The minimum atomic E-state index is 0.0143. The average Bonchev–Trinajstić information content (AvgIpc) is 2.66. The fourth-order valence-corrected chi connectivity index (χ4v) is 3.96. The molecule has 2 aliphatic heterocycles. The summed E-state index contributed by atoms with van der Waals surface area (Å²) in [5.41, 5.74) is 3.07. The summed E-state index contributed by atoms with van der Waals surface area (Å²) in [6, 6.07) is 6.02. The Morgan fingerprint density at radius 2 is 1.44 bits per heavy atom.